The molecule has 0 radical (unpaired) electrons. The zero-order valence-electron chi connectivity index (χ0n) is 9.92. The van der Waals surface area contributed by atoms with Gasteiger partial charge in [-0.2, -0.15) is 0 Å². The molecule has 1 nitrogen and oxygen atoms in total. The van der Waals surface area contributed by atoms with Gasteiger partial charge in [-0.15, -0.1) is 0 Å². The smallest absolute Gasteiger partial charge is 0.133 e. The summed E-state index contributed by atoms with van der Waals surface area (Å²) in [5, 5.41) is 10.1. The van der Waals surface area contributed by atoms with Gasteiger partial charge < -0.3 is 5.11 Å². The second-order valence-electron chi connectivity index (χ2n) is 4.19. The molecule has 5 heteroatoms. The molecule has 0 saturated carbocycles. The molecular formula is C14H10BrF3O. The van der Waals surface area contributed by atoms with E-state index in [2.05, 4.69) is 15.9 Å². The Bertz CT molecular complexity index is 605. The zero-order chi connectivity index (χ0) is 14.2. The summed E-state index contributed by atoms with van der Waals surface area (Å²) in [5.41, 5.74) is 0.202. The van der Waals surface area contributed by atoms with Gasteiger partial charge in [0.05, 0.1) is 5.56 Å². The van der Waals surface area contributed by atoms with Gasteiger partial charge in [0.15, 0.2) is 0 Å². The molecular weight excluding hydrogens is 321 g/mol. The fourth-order valence-corrected chi connectivity index (χ4v) is 2.28. The summed E-state index contributed by atoms with van der Waals surface area (Å²) in [6.45, 7) is 1.63. The number of rotatable bonds is 2. The van der Waals surface area contributed by atoms with E-state index in [0.717, 1.165) is 18.2 Å². The van der Waals surface area contributed by atoms with Gasteiger partial charge in [0, 0.05) is 4.47 Å². The van der Waals surface area contributed by atoms with Crippen LogP contribution in [0.4, 0.5) is 13.2 Å². The second kappa shape index (κ2) is 5.35. The molecule has 0 aliphatic carbocycles. The summed E-state index contributed by atoms with van der Waals surface area (Å²) in [6.07, 6.45) is -1.55. The summed E-state index contributed by atoms with van der Waals surface area (Å²) < 4.78 is 40.9. The lowest BCUT2D eigenvalue weighted by Gasteiger charge is -2.16. The van der Waals surface area contributed by atoms with Crippen LogP contribution < -0.4 is 0 Å². The van der Waals surface area contributed by atoms with Crippen molar-refractivity contribution in [3.63, 3.8) is 0 Å². The van der Waals surface area contributed by atoms with E-state index in [1.165, 1.54) is 12.1 Å². The number of aryl methyl sites for hydroxylation is 1. The first-order chi connectivity index (χ1) is 8.90. The van der Waals surface area contributed by atoms with E-state index < -0.39 is 29.1 Å². The summed E-state index contributed by atoms with van der Waals surface area (Å²) >= 11 is 2.96. The largest absolute Gasteiger partial charge is 0.383 e. The van der Waals surface area contributed by atoms with Crippen LogP contribution in [-0.2, 0) is 0 Å². The molecule has 0 saturated heterocycles. The molecule has 0 bridgehead atoms. The van der Waals surface area contributed by atoms with Gasteiger partial charge >= 0.3 is 0 Å². The zero-order valence-corrected chi connectivity index (χ0v) is 11.5. The van der Waals surface area contributed by atoms with Gasteiger partial charge in [-0.3, -0.25) is 0 Å². The highest BCUT2D eigenvalue weighted by molar-refractivity contribution is 9.10. The first kappa shape index (κ1) is 14.1. The molecule has 0 heterocycles. The van der Waals surface area contributed by atoms with E-state index in [1.54, 1.807) is 6.92 Å². The molecule has 2 aromatic rings. The number of halogens is 4. The van der Waals surface area contributed by atoms with Gasteiger partial charge in [-0.25, -0.2) is 13.2 Å². The second-order valence-corrected chi connectivity index (χ2v) is 5.10. The Morgan fingerprint density at radius 1 is 1.05 bits per heavy atom. The highest BCUT2D eigenvalue weighted by Crippen LogP contribution is 2.31. The molecule has 2 aromatic carbocycles. The highest BCUT2D eigenvalue weighted by Gasteiger charge is 2.22. The molecule has 0 fully saturated rings. The van der Waals surface area contributed by atoms with Crippen molar-refractivity contribution < 1.29 is 18.3 Å². The summed E-state index contributed by atoms with van der Waals surface area (Å²) in [6, 6.07) is 5.84. The van der Waals surface area contributed by atoms with Crippen molar-refractivity contribution in [3.8, 4) is 0 Å². The number of hydrogen-bond donors (Lipinski definition) is 1. The maximum Gasteiger partial charge on any atom is 0.133 e. The lowest BCUT2D eigenvalue weighted by atomic mass is 9.96. The lowest BCUT2D eigenvalue weighted by Crippen LogP contribution is -2.08. The summed E-state index contributed by atoms with van der Waals surface area (Å²) in [4.78, 5) is 0. The molecule has 19 heavy (non-hydrogen) atoms. The van der Waals surface area contributed by atoms with E-state index >= 15 is 0 Å². The minimum atomic E-state index is -1.55. The van der Waals surface area contributed by atoms with E-state index in [9.17, 15) is 18.3 Å². The molecule has 0 aliphatic heterocycles. The number of aliphatic hydroxyl groups is 1. The van der Waals surface area contributed by atoms with Crippen LogP contribution in [0.15, 0.2) is 34.8 Å². The monoisotopic (exact) mass is 330 g/mol. The van der Waals surface area contributed by atoms with Crippen LogP contribution in [0.2, 0.25) is 0 Å². The highest BCUT2D eigenvalue weighted by atomic mass is 79.9. The van der Waals surface area contributed by atoms with Crippen molar-refractivity contribution in [2.75, 3.05) is 0 Å². The Kier molecular flexibility index (Phi) is 3.96. The molecule has 1 atom stereocenters. The maximum absolute atomic E-state index is 13.8. The SMILES string of the molecule is Cc1ccc(F)cc1C(O)c1c(F)cc(Br)cc1F. The van der Waals surface area contributed by atoms with Gasteiger partial charge in [-0.05, 0) is 42.3 Å². The molecule has 1 N–H and O–H groups in total. The molecule has 0 spiro atoms. The lowest BCUT2D eigenvalue weighted by molar-refractivity contribution is 0.207. The van der Waals surface area contributed by atoms with Gasteiger partial charge in [-0.1, -0.05) is 22.0 Å². The third-order valence-corrected chi connectivity index (χ3v) is 3.31. The average Bonchev–Trinajstić information content (AvgIpc) is 2.30. The first-order valence-corrected chi connectivity index (χ1v) is 6.28. The van der Waals surface area contributed by atoms with Gasteiger partial charge in [0.1, 0.15) is 23.6 Å². The Labute approximate surface area is 116 Å². The number of hydrogen-bond acceptors (Lipinski definition) is 1. The Morgan fingerprint density at radius 3 is 2.21 bits per heavy atom. The van der Waals surface area contributed by atoms with Crippen LogP contribution >= 0.6 is 15.9 Å². The van der Waals surface area contributed by atoms with Crippen LogP contribution in [0.5, 0.6) is 0 Å². The topological polar surface area (TPSA) is 20.2 Å². The normalized spacial score (nSPS) is 12.5. The van der Waals surface area contributed by atoms with Crippen LogP contribution in [0.25, 0.3) is 0 Å². The number of aliphatic hydroxyl groups excluding tert-OH is 1. The molecule has 2 rings (SSSR count). The predicted octanol–water partition coefficient (Wildman–Crippen LogP) is 4.26. The van der Waals surface area contributed by atoms with Crippen molar-refractivity contribution in [3.05, 3.63) is 68.9 Å². The first-order valence-electron chi connectivity index (χ1n) is 5.48. The Balaban J connectivity index is 2.56. The van der Waals surface area contributed by atoms with E-state index in [4.69, 9.17) is 0 Å². The third-order valence-electron chi connectivity index (χ3n) is 2.85. The Morgan fingerprint density at radius 2 is 1.63 bits per heavy atom. The van der Waals surface area contributed by atoms with Crippen molar-refractivity contribution in [1.29, 1.82) is 0 Å². The van der Waals surface area contributed by atoms with Crippen molar-refractivity contribution in [2.45, 2.75) is 13.0 Å². The summed E-state index contributed by atoms with van der Waals surface area (Å²) in [5.74, 6) is -2.34. The quantitative estimate of drug-likeness (QED) is 0.872. The molecule has 0 aliphatic rings. The fourth-order valence-electron chi connectivity index (χ4n) is 1.88. The molecule has 100 valence electrons. The fraction of sp³-hybridized carbons (Fsp3) is 0.143. The predicted molar refractivity (Wildman–Crippen MR) is 69.3 cm³/mol. The van der Waals surface area contributed by atoms with Crippen molar-refractivity contribution >= 4 is 15.9 Å². The number of benzene rings is 2. The average molecular weight is 331 g/mol. The minimum Gasteiger partial charge on any atom is -0.383 e. The Hall–Kier alpha value is -1.33. The van der Waals surface area contributed by atoms with E-state index in [0.29, 0.717) is 5.56 Å². The van der Waals surface area contributed by atoms with Crippen molar-refractivity contribution in [2.24, 2.45) is 0 Å². The van der Waals surface area contributed by atoms with Crippen LogP contribution in [0, 0.1) is 24.4 Å². The van der Waals surface area contributed by atoms with E-state index in [1.807, 2.05) is 0 Å². The minimum absolute atomic E-state index is 0.139. The van der Waals surface area contributed by atoms with Crippen molar-refractivity contribution in [1.82, 2.24) is 0 Å². The third kappa shape index (κ3) is 2.82. The molecule has 0 aromatic heterocycles. The van der Waals surface area contributed by atoms with Crippen LogP contribution in [-0.4, -0.2) is 5.11 Å². The van der Waals surface area contributed by atoms with E-state index in [-0.39, 0.29) is 10.0 Å². The van der Waals surface area contributed by atoms with Crippen LogP contribution in [0.1, 0.15) is 22.8 Å². The molecule has 1 unspecified atom stereocenters. The maximum atomic E-state index is 13.8. The van der Waals surface area contributed by atoms with Gasteiger partial charge in [0.2, 0.25) is 0 Å². The standard InChI is InChI=1S/C14H10BrF3O/c1-7-2-3-9(16)6-10(7)14(19)13-11(17)4-8(15)5-12(13)18/h2-6,14,19H,1H3. The summed E-state index contributed by atoms with van der Waals surface area (Å²) in [7, 11) is 0. The van der Waals surface area contributed by atoms with Gasteiger partial charge in [0.25, 0.3) is 0 Å². The van der Waals surface area contributed by atoms with Crippen LogP contribution in [0.3, 0.4) is 0 Å². The molecule has 0 amide bonds.